The highest BCUT2D eigenvalue weighted by Gasteiger charge is 2.63. The van der Waals surface area contributed by atoms with Crippen LogP contribution in [0.4, 0.5) is 0 Å². The van der Waals surface area contributed by atoms with Crippen LogP contribution in [0.5, 0.6) is 0 Å². The van der Waals surface area contributed by atoms with Crippen LogP contribution in [0.15, 0.2) is 0 Å². The second-order valence-electron chi connectivity index (χ2n) is 11.4. The lowest BCUT2D eigenvalue weighted by Crippen LogP contribution is -2.39. The van der Waals surface area contributed by atoms with E-state index in [0.717, 1.165) is 31.0 Å². The summed E-state index contributed by atoms with van der Waals surface area (Å²) in [4.78, 5) is 15.4. The molecular weight excluding hydrogens is 322 g/mol. The van der Waals surface area contributed by atoms with Crippen LogP contribution in [0.1, 0.15) is 76.8 Å². The van der Waals surface area contributed by atoms with E-state index in [1.165, 1.54) is 24.1 Å². The quantitative estimate of drug-likeness (QED) is 0.806. The van der Waals surface area contributed by atoms with E-state index in [9.17, 15) is 4.79 Å². The monoisotopic (exact) mass is 355 g/mol. The van der Waals surface area contributed by atoms with Gasteiger partial charge in [0.25, 0.3) is 0 Å². The van der Waals surface area contributed by atoms with E-state index in [4.69, 9.17) is 5.10 Å². The molecule has 4 aliphatic rings. The van der Waals surface area contributed by atoms with E-state index in [0.29, 0.717) is 34.7 Å². The summed E-state index contributed by atoms with van der Waals surface area (Å²) in [6.07, 6.45) is 4.66. The van der Waals surface area contributed by atoms with Crippen molar-refractivity contribution in [1.82, 2.24) is 14.7 Å². The maximum absolute atomic E-state index is 13.2. The summed E-state index contributed by atoms with van der Waals surface area (Å²) in [5.41, 5.74) is 5.04. The molecule has 26 heavy (non-hydrogen) atoms. The van der Waals surface area contributed by atoms with Crippen molar-refractivity contribution in [2.45, 2.75) is 85.7 Å². The third-order valence-corrected chi connectivity index (χ3v) is 8.08. The van der Waals surface area contributed by atoms with Gasteiger partial charge in [-0.25, -0.2) is 0 Å². The molecule has 0 N–H and O–H groups in total. The van der Waals surface area contributed by atoms with E-state index in [1.54, 1.807) is 0 Å². The zero-order valence-electron chi connectivity index (χ0n) is 17.2. The Morgan fingerprint density at radius 1 is 1.19 bits per heavy atom. The summed E-state index contributed by atoms with van der Waals surface area (Å²) >= 11 is 0. The number of fused-ring (bicyclic) bond motifs is 5. The minimum Gasteiger partial charge on any atom is -0.338 e. The van der Waals surface area contributed by atoms with Gasteiger partial charge in [0.05, 0.1) is 5.69 Å². The second kappa shape index (κ2) is 4.74. The first-order valence-corrected chi connectivity index (χ1v) is 10.4. The Hall–Kier alpha value is -1.32. The van der Waals surface area contributed by atoms with Crippen molar-refractivity contribution < 1.29 is 4.79 Å². The maximum atomic E-state index is 13.2. The number of likely N-dealkylation sites (tertiary alicyclic amines) is 1. The Morgan fingerprint density at radius 2 is 1.92 bits per heavy atom. The van der Waals surface area contributed by atoms with Crippen molar-refractivity contribution in [2.75, 3.05) is 6.54 Å². The van der Waals surface area contributed by atoms with E-state index in [1.807, 2.05) is 4.68 Å². The summed E-state index contributed by atoms with van der Waals surface area (Å²) in [6, 6.07) is 0.424. The zero-order valence-corrected chi connectivity index (χ0v) is 17.2. The largest absolute Gasteiger partial charge is 0.338 e. The first-order valence-electron chi connectivity index (χ1n) is 10.4. The van der Waals surface area contributed by atoms with Crippen LogP contribution in [-0.2, 0) is 17.8 Å². The lowest BCUT2D eigenvalue weighted by Gasteiger charge is -2.39. The number of hydrogen-bond acceptors (Lipinski definition) is 2. The topological polar surface area (TPSA) is 38.1 Å². The summed E-state index contributed by atoms with van der Waals surface area (Å²) < 4.78 is 2.05. The van der Waals surface area contributed by atoms with E-state index in [2.05, 4.69) is 46.4 Å². The Labute approximate surface area is 157 Å². The number of aryl methyl sites for hydroxylation is 1. The van der Waals surface area contributed by atoms with Crippen LogP contribution in [0.2, 0.25) is 0 Å². The van der Waals surface area contributed by atoms with Gasteiger partial charge in [-0.05, 0) is 60.7 Å². The van der Waals surface area contributed by atoms with Crippen molar-refractivity contribution in [1.29, 1.82) is 0 Å². The Balaban J connectivity index is 1.37. The fourth-order valence-electron chi connectivity index (χ4n) is 7.27. The molecule has 3 fully saturated rings. The molecule has 1 aliphatic heterocycles. The SMILES string of the molecule is Cc1nn(CC(=O)N2C[C@]3(C)C[C@H]2CC(C)(C)C3)c2c1[C@H]1[C@@H](C2)C1(C)C. The number of rotatable bonds is 2. The molecule has 0 radical (unpaired) electrons. The van der Waals surface area contributed by atoms with Gasteiger partial charge in [-0.15, -0.1) is 0 Å². The van der Waals surface area contributed by atoms with Gasteiger partial charge in [-0.2, -0.15) is 5.10 Å². The van der Waals surface area contributed by atoms with Gasteiger partial charge >= 0.3 is 0 Å². The molecule has 2 bridgehead atoms. The Bertz CT molecular complexity index is 805. The molecule has 0 unspecified atom stereocenters. The number of nitrogens with zero attached hydrogens (tertiary/aromatic N) is 3. The number of carbonyl (C=O) groups excluding carboxylic acids is 1. The number of hydrogen-bond donors (Lipinski definition) is 0. The predicted molar refractivity (Wildman–Crippen MR) is 102 cm³/mol. The molecule has 1 aromatic heterocycles. The second-order valence-corrected chi connectivity index (χ2v) is 11.4. The third kappa shape index (κ3) is 2.20. The van der Waals surface area contributed by atoms with Crippen LogP contribution in [0.3, 0.4) is 0 Å². The molecule has 2 saturated carbocycles. The summed E-state index contributed by atoms with van der Waals surface area (Å²) in [5.74, 6) is 1.72. The highest BCUT2D eigenvalue weighted by Crippen LogP contribution is 2.70. The summed E-state index contributed by atoms with van der Waals surface area (Å²) in [5, 5.41) is 4.79. The molecule has 142 valence electrons. The number of carbonyl (C=O) groups is 1. The number of aromatic nitrogens is 2. The lowest BCUT2D eigenvalue weighted by atomic mass is 9.65. The van der Waals surface area contributed by atoms with E-state index >= 15 is 0 Å². The Kier molecular flexibility index (Phi) is 3.07. The van der Waals surface area contributed by atoms with Crippen LogP contribution in [-0.4, -0.2) is 33.2 Å². The van der Waals surface area contributed by atoms with Crippen LogP contribution < -0.4 is 0 Å². The molecule has 1 aromatic rings. The van der Waals surface area contributed by atoms with E-state index in [-0.39, 0.29) is 5.91 Å². The summed E-state index contributed by atoms with van der Waals surface area (Å²) in [7, 11) is 0. The van der Waals surface area contributed by atoms with Crippen LogP contribution in [0, 0.1) is 29.1 Å². The first-order chi connectivity index (χ1) is 12.0. The average molecular weight is 356 g/mol. The molecule has 1 amide bonds. The van der Waals surface area contributed by atoms with Crippen LogP contribution in [0.25, 0.3) is 0 Å². The molecular formula is C22H33N3O. The third-order valence-electron chi connectivity index (χ3n) is 8.08. The molecule has 0 aromatic carbocycles. The molecule has 2 heterocycles. The van der Waals surface area contributed by atoms with Crippen molar-refractivity contribution >= 4 is 5.91 Å². The maximum Gasteiger partial charge on any atom is 0.244 e. The predicted octanol–water partition coefficient (Wildman–Crippen LogP) is 3.91. The smallest absolute Gasteiger partial charge is 0.244 e. The van der Waals surface area contributed by atoms with Gasteiger partial charge in [0, 0.05) is 23.8 Å². The van der Waals surface area contributed by atoms with Gasteiger partial charge in [0.1, 0.15) is 6.54 Å². The minimum absolute atomic E-state index is 0.279. The van der Waals surface area contributed by atoms with Crippen molar-refractivity contribution in [3.63, 3.8) is 0 Å². The fourth-order valence-corrected chi connectivity index (χ4v) is 7.27. The van der Waals surface area contributed by atoms with Crippen molar-refractivity contribution in [3.8, 4) is 0 Å². The average Bonchev–Trinajstić information content (AvgIpc) is 2.87. The normalized spacial score (nSPS) is 38.2. The van der Waals surface area contributed by atoms with Gasteiger partial charge in [-0.1, -0.05) is 34.6 Å². The Morgan fingerprint density at radius 3 is 2.65 bits per heavy atom. The van der Waals surface area contributed by atoms with Gasteiger partial charge in [0.2, 0.25) is 5.91 Å². The van der Waals surface area contributed by atoms with E-state index < -0.39 is 0 Å². The standard InChI is InChI=1S/C22H33N3O/c1-13-18-16(7-15-19(18)21(15,4)5)25(23-13)10-17(26)24-12-22(6)9-14(24)8-20(2,3)11-22/h14-15,19H,7-12H2,1-6H3/t14-,15-,19-,22-/m1/s1. The lowest BCUT2D eigenvalue weighted by molar-refractivity contribution is -0.133. The minimum atomic E-state index is 0.279. The summed E-state index contributed by atoms with van der Waals surface area (Å²) in [6.45, 7) is 15.3. The molecule has 5 rings (SSSR count). The molecule has 4 atom stereocenters. The zero-order chi connectivity index (χ0) is 18.6. The molecule has 1 saturated heterocycles. The van der Waals surface area contributed by atoms with Crippen molar-refractivity contribution in [3.05, 3.63) is 17.0 Å². The highest BCUT2D eigenvalue weighted by molar-refractivity contribution is 5.77. The first kappa shape index (κ1) is 16.8. The highest BCUT2D eigenvalue weighted by atomic mass is 16.2. The van der Waals surface area contributed by atoms with Crippen LogP contribution >= 0.6 is 0 Å². The van der Waals surface area contributed by atoms with Gasteiger partial charge in [-0.3, -0.25) is 9.48 Å². The van der Waals surface area contributed by atoms with Gasteiger partial charge in [0.15, 0.2) is 0 Å². The van der Waals surface area contributed by atoms with Gasteiger partial charge < -0.3 is 4.90 Å². The fraction of sp³-hybridized carbons (Fsp3) is 0.818. The molecule has 3 aliphatic carbocycles. The molecule has 4 nitrogen and oxygen atoms in total. The molecule has 4 heteroatoms. The molecule has 0 spiro atoms. The van der Waals surface area contributed by atoms with Crippen molar-refractivity contribution in [2.24, 2.45) is 22.2 Å². The number of amides is 1.